The number of H-pyrrole nitrogens is 1. The molecule has 1 aromatic heterocycles. The first-order chi connectivity index (χ1) is 10.5. The first-order valence-corrected chi connectivity index (χ1v) is 7.48. The first kappa shape index (κ1) is 14.6. The highest BCUT2D eigenvalue weighted by molar-refractivity contribution is 6.22. The largest absolute Gasteiger partial charge is 0.383 e. The van der Waals surface area contributed by atoms with Crippen LogP contribution < -0.4 is 0 Å². The number of nitrogens with zero attached hydrogens (tertiary/aromatic N) is 1. The summed E-state index contributed by atoms with van der Waals surface area (Å²) in [6, 6.07) is 6.09. The van der Waals surface area contributed by atoms with E-state index in [1.54, 1.807) is 11.1 Å². The zero-order valence-corrected chi connectivity index (χ0v) is 13.1. The van der Waals surface area contributed by atoms with Crippen LogP contribution in [0.3, 0.4) is 0 Å². The monoisotopic (exact) mass is 296 g/mol. The average molecular weight is 296 g/mol. The highest BCUT2D eigenvalue weighted by atomic mass is 16.1. The molecule has 0 bridgehead atoms. The summed E-state index contributed by atoms with van der Waals surface area (Å²) in [5, 5.41) is 1.15. The van der Waals surface area contributed by atoms with Gasteiger partial charge in [0, 0.05) is 56.2 Å². The van der Waals surface area contributed by atoms with Gasteiger partial charge in [-0.05, 0) is 24.1 Å². The second-order valence-electron chi connectivity index (χ2n) is 6.20. The first-order valence-electron chi connectivity index (χ1n) is 7.48. The number of carbonyl (C=O) groups is 2. The van der Waals surface area contributed by atoms with Crippen molar-refractivity contribution < 1.29 is 9.59 Å². The molecule has 0 unspecified atom stereocenters. The van der Waals surface area contributed by atoms with Gasteiger partial charge < -0.3 is 9.88 Å². The van der Waals surface area contributed by atoms with Crippen molar-refractivity contribution in [3.05, 3.63) is 47.3 Å². The zero-order valence-electron chi connectivity index (χ0n) is 13.1. The lowest BCUT2D eigenvalue weighted by molar-refractivity contribution is -0.124. The predicted octanol–water partition coefficient (Wildman–Crippen LogP) is 2.94. The van der Waals surface area contributed by atoms with Crippen LogP contribution in [-0.4, -0.2) is 35.5 Å². The molecular weight excluding hydrogens is 276 g/mol. The average Bonchev–Trinajstić information content (AvgIpc) is 2.88. The highest BCUT2D eigenvalue weighted by Gasteiger charge is 2.32. The highest BCUT2D eigenvalue weighted by Crippen LogP contribution is 2.36. The number of rotatable bonds is 2. The predicted molar refractivity (Wildman–Crippen MR) is 86.8 cm³/mol. The number of allylic oxidation sites excluding steroid dienone is 1. The van der Waals surface area contributed by atoms with Crippen molar-refractivity contribution in [3.8, 4) is 0 Å². The molecule has 4 heteroatoms. The van der Waals surface area contributed by atoms with Gasteiger partial charge in [0.05, 0.1) is 5.57 Å². The number of carbonyl (C=O) groups excluding carboxylic acids is 2. The second-order valence-corrected chi connectivity index (χ2v) is 6.20. The molecule has 22 heavy (non-hydrogen) atoms. The molecule has 1 fully saturated rings. The Morgan fingerprint density at radius 2 is 1.86 bits per heavy atom. The van der Waals surface area contributed by atoms with Gasteiger partial charge in [0.15, 0.2) is 11.6 Å². The maximum atomic E-state index is 12.3. The molecule has 0 saturated heterocycles. The van der Waals surface area contributed by atoms with Gasteiger partial charge in [0.1, 0.15) is 0 Å². The molecular formula is C18H20N2O2. The van der Waals surface area contributed by atoms with E-state index in [1.165, 1.54) is 5.56 Å². The minimum absolute atomic E-state index is 0.0332. The van der Waals surface area contributed by atoms with Crippen LogP contribution in [0.1, 0.15) is 29.9 Å². The summed E-state index contributed by atoms with van der Waals surface area (Å²) >= 11 is 0. The molecule has 114 valence electrons. The van der Waals surface area contributed by atoms with Gasteiger partial charge in [-0.15, -0.1) is 0 Å². The fraction of sp³-hybridized carbons (Fsp3) is 0.333. The Balaban J connectivity index is 1.97. The van der Waals surface area contributed by atoms with Gasteiger partial charge >= 0.3 is 0 Å². The minimum Gasteiger partial charge on any atom is -0.383 e. The number of aromatic amines is 1. The number of Topliss-reactive ketones (excluding diaryl/α,β-unsaturated/α-hetero) is 2. The van der Waals surface area contributed by atoms with Crippen molar-refractivity contribution in [2.45, 2.75) is 25.7 Å². The number of nitrogens with one attached hydrogen (secondary N) is 1. The van der Waals surface area contributed by atoms with E-state index in [-0.39, 0.29) is 17.5 Å². The molecule has 3 rings (SSSR count). The van der Waals surface area contributed by atoms with Crippen LogP contribution in [0, 0.1) is 6.92 Å². The molecule has 1 aliphatic rings. The maximum absolute atomic E-state index is 12.3. The Hall–Kier alpha value is -2.36. The molecule has 1 aromatic carbocycles. The Bertz CT molecular complexity index is 763. The molecule has 0 amide bonds. The maximum Gasteiger partial charge on any atom is 0.168 e. The summed E-state index contributed by atoms with van der Waals surface area (Å²) in [4.78, 5) is 29.7. The van der Waals surface area contributed by atoms with Gasteiger partial charge in [-0.25, -0.2) is 0 Å². The third-order valence-electron chi connectivity index (χ3n) is 4.24. The van der Waals surface area contributed by atoms with Gasteiger partial charge in [-0.3, -0.25) is 9.59 Å². The summed E-state index contributed by atoms with van der Waals surface area (Å²) in [5.41, 5.74) is 3.64. The fourth-order valence-electron chi connectivity index (χ4n) is 3.24. The Labute approximate surface area is 129 Å². The van der Waals surface area contributed by atoms with Crippen molar-refractivity contribution in [1.82, 2.24) is 9.88 Å². The lowest BCUT2D eigenvalue weighted by atomic mass is 9.79. The van der Waals surface area contributed by atoms with E-state index in [4.69, 9.17) is 0 Å². The van der Waals surface area contributed by atoms with Crippen LogP contribution in [0.2, 0.25) is 0 Å². The number of fused-ring (bicyclic) bond motifs is 1. The molecule has 1 heterocycles. The van der Waals surface area contributed by atoms with Crippen LogP contribution in [0.5, 0.6) is 0 Å². The van der Waals surface area contributed by atoms with Crippen molar-refractivity contribution in [1.29, 1.82) is 0 Å². The molecule has 2 aromatic rings. The van der Waals surface area contributed by atoms with Crippen LogP contribution in [-0.2, 0) is 9.59 Å². The zero-order chi connectivity index (χ0) is 15.9. The van der Waals surface area contributed by atoms with E-state index < -0.39 is 0 Å². The SMILES string of the molecule is Cc1cccc2[nH]cc(C3CC(=O)C(=CN(C)C)C(=O)C3)c12. The quantitative estimate of drug-likeness (QED) is 0.685. The molecule has 0 spiro atoms. The number of hydrogen-bond donors (Lipinski definition) is 1. The van der Waals surface area contributed by atoms with Gasteiger partial charge in [0.2, 0.25) is 0 Å². The van der Waals surface area contributed by atoms with Gasteiger partial charge in [-0.2, -0.15) is 0 Å². The van der Waals surface area contributed by atoms with E-state index in [0.717, 1.165) is 16.5 Å². The van der Waals surface area contributed by atoms with E-state index in [1.807, 2.05) is 32.4 Å². The van der Waals surface area contributed by atoms with E-state index >= 15 is 0 Å². The van der Waals surface area contributed by atoms with Crippen molar-refractivity contribution in [2.75, 3.05) is 14.1 Å². The van der Waals surface area contributed by atoms with Crippen molar-refractivity contribution in [3.63, 3.8) is 0 Å². The summed E-state index contributed by atoms with van der Waals surface area (Å²) in [5.74, 6) is -0.148. The van der Waals surface area contributed by atoms with E-state index in [0.29, 0.717) is 18.4 Å². The summed E-state index contributed by atoms with van der Waals surface area (Å²) in [7, 11) is 3.64. The van der Waals surface area contributed by atoms with Crippen LogP contribution >= 0.6 is 0 Å². The Morgan fingerprint density at radius 3 is 2.50 bits per heavy atom. The minimum atomic E-state index is -0.0575. The number of aryl methyl sites for hydroxylation is 1. The third kappa shape index (κ3) is 2.45. The van der Waals surface area contributed by atoms with Crippen molar-refractivity contribution >= 4 is 22.5 Å². The standard InChI is InChI=1S/C18H20N2O2/c1-11-5-4-6-15-18(11)13(9-19-15)12-7-16(21)14(10-20(2)3)17(22)8-12/h4-6,9-10,12,19H,7-8H2,1-3H3. The number of benzene rings is 1. The summed E-state index contributed by atoms with van der Waals surface area (Å²) < 4.78 is 0. The van der Waals surface area contributed by atoms with Gasteiger partial charge in [-0.1, -0.05) is 12.1 Å². The van der Waals surface area contributed by atoms with E-state index in [2.05, 4.69) is 18.0 Å². The number of aromatic nitrogens is 1. The van der Waals surface area contributed by atoms with Gasteiger partial charge in [0.25, 0.3) is 0 Å². The molecule has 4 nitrogen and oxygen atoms in total. The molecule has 0 radical (unpaired) electrons. The lowest BCUT2D eigenvalue weighted by Crippen LogP contribution is -2.26. The van der Waals surface area contributed by atoms with Crippen LogP contribution in [0.25, 0.3) is 10.9 Å². The lowest BCUT2D eigenvalue weighted by Gasteiger charge is -2.23. The van der Waals surface area contributed by atoms with Crippen LogP contribution in [0.15, 0.2) is 36.2 Å². The second kappa shape index (κ2) is 5.44. The summed E-state index contributed by atoms with van der Waals surface area (Å²) in [6.07, 6.45) is 4.38. The third-order valence-corrected chi connectivity index (χ3v) is 4.24. The normalized spacial score (nSPS) is 18.9. The Kier molecular flexibility index (Phi) is 3.61. The molecule has 1 aliphatic carbocycles. The number of ketones is 2. The fourth-order valence-corrected chi connectivity index (χ4v) is 3.24. The molecule has 1 N–H and O–H groups in total. The molecule has 1 saturated carbocycles. The topological polar surface area (TPSA) is 53.2 Å². The Morgan fingerprint density at radius 1 is 1.18 bits per heavy atom. The van der Waals surface area contributed by atoms with Crippen molar-refractivity contribution in [2.24, 2.45) is 0 Å². The summed E-state index contributed by atoms with van der Waals surface area (Å²) in [6.45, 7) is 2.06. The van der Waals surface area contributed by atoms with E-state index in [9.17, 15) is 9.59 Å². The molecule has 0 atom stereocenters. The smallest absolute Gasteiger partial charge is 0.168 e. The van der Waals surface area contributed by atoms with Crippen LogP contribution in [0.4, 0.5) is 0 Å². The molecule has 0 aliphatic heterocycles. The number of hydrogen-bond acceptors (Lipinski definition) is 3.